The van der Waals surface area contributed by atoms with Gasteiger partial charge < -0.3 is 9.47 Å². The molecule has 0 bridgehead atoms. The molecule has 1 aromatic carbocycles. The molecule has 0 saturated carbocycles. The summed E-state index contributed by atoms with van der Waals surface area (Å²) in [5, 5.41) is 0. The van der Waals surface area contributed by atoms with E-state index in [4.69, 9.17) is 4.74 Å². The summed E-state index contributed by atoms with van der Waals surface area (Å²) in [7, 11) is 0. The first kappa shape index (κ1) is 30.4. The number of hydrogen-bond donors (Lipinski definition) is 0. The Morgan fingerprint density at radius 2 is 1.23 bits per heavy atom. The van der Waals surface area contributed by atoms with Gasteiger partial charge in [0, 0.05) is 11.5 Å². The molecule has 0 N–H and O–H groups in total. The molecule has 0 saturated heterocycles. The van der Waals surface area contributed by atoms with Crippen molar-refractivity contribution in [3.8, 4) is 5.75 Å². The molecule has 0 aliphatic rings. The monoisotopic (exact) mass is 538 g/mol. The molecule has 1 aromatic rings. The first-order valence-electron chi connectivity index (χ1n) is 9.01. The average Bonchev–Trinajstić information content (AvgIpc) is 2.70. The Morgan fingerprint density at radius 1 is 0.800 bits per heavy atom. The second-order valence-electron chi connectivity index (χ2n) is 7.26. The average molecular weight is 538 g/mol. The number of carbonyl (C=O) groups excluding carboxylic acids is 1. The predicted molar refractivity (Wildman–Crippen MR) is 92.0 cm³/mol. The number of alkyl halides is 13. The lowest BCUT2D eigenvalue weighted by Gasteiger charge is -2.39. The fraction of sp³-hybridized carbons (Fsp3) is 0.526. The van der Waals surface area contributed by atoms with E-state index < -0.39 is 53.6 Å². The van der Waals surface area contributed by atoms with Gasteiger partial charge in [0.2, 0.25) is 0 Å². The molecule has 1 atom stereocenters. The van der Waals surface area contributed by atoms with Crippen LogP contribution >= 0.6 is 0 Å². The maximum Gasteiger partial charge on any atom is 0.471 e. The minimum Gasteiger partial charge on any atom is -0.462 e. The van der Waals surface area contributed by atoms with Crippen LogP contribution in [0.3, 0.4) is 0 Å². The van der Waals surface area contributed by atoms with Gasteiger partial charge in [-0.15, -0.1) is 0 Å². The summed E-state index contributed by atoms with van der Waals surface area (Å²) in [6.45, 7) is 5.80. The lowest BCUT2D eigenvalue weighted by Crippen LogP contribution is -2.70. The van der Waals surface area contributed by atoms with Crippen molar-refractivity contribution in [3.63, 3.8) is 0 Å². The molecule has 1 rings (SSSR count). The lowest BCUT2D eigenvalue weighted by molar-refractivity contribution is -0.456. The van der Waals surface area contributed by atoms with Gasteiger partial charge in [-0.3, -0.25) is 0 Å². The molecule has 0 aromatic heterocycles. The van der Waals surface area contributed by atoms with Crippen molar-refractivity contribution in [1.29, 1.82) is 0 Å². The molecule has 0 spiro atoms. The van der Waals surface area contributed by atoms with E-state index in [0.29, 0.717) is 12.1 Å². The van der Waals surface area contributed by atoms with Crippen LogP contribution in [0.1, 0.15) is 25.3 Å². The zero-order valence-corrected chi connectivity index (χ0v) is 17.4. The number of halogens is 13. The number of rotatable bonds is 10. The van der Waals surface area contributed by atoms with Crippen molar-refractivity contribution < 1.29 is 71.3 Å². The van der Waals surface area contributed by atoms with E-state index in [-0.39, 0.29) is 17.7 Å². The molecule has 0 fully saturated rings. The van der Waals surface area contributed by atoms with E-state index in [0.717, 1.165) is 12.1 Å². The molecule has 0 radical (unpaired) electrons. The second-order valence-corrected chi connectivity index (χ2v) is 7.26. The molecule has 3 nitrogen and oxygen atoms in total. The smallest absolute Gasteiger partial charge is 0.462 e. The van der Waals surface area contributed by atoms with Gasteiger partial charge in [0.1, 0.15) is 5.75 Å². The lowest BCUT2D eigenvalue weighted by atomic mass is 9.97. The van der Waals surface area contributed by atoms with Gasteiger partial charge in [0.15, 0.2) is 0 Å². The maximum absolute atomic E-state index is 13.8. The van der Waals surface area contributed by atoms with Gasteiger partial charge in [-0.1, -0.05) is 25.6 Å². The van der Waals surface area contributed by atoms with Crippen molar-refractivity contribution in [2.75, 3.05) is 6.61 Å². The highest BCUT2D eigenvalue weighted by molar-refractivity contribution is 5.86. The van der Waals surface area contributed by atoms with Gasteiger partial charge in [-0.2, -0.15) is 57.1 Å². The Morgan fingerprint density at radius 3 is 1.63 bits per heavy atom. The van der Waals surface area contributed by atoms with E-state index in [9.17, 15) is 61.9 Å². The first-order chi connectivity index (χ1) is 15.4. The van der Waals surface area contributed by atoms with Crippen molar-refractivity contribution in [1.82, 2.24) is 0 Å². The third-order valence-electron chi connectivity index (χ3n) is 4.41. The van der Waals surface area contributed by atoms with Gasteiger partial charge in [0.05, 0.1) is 6.61 Å². The SMILES string of the molecule is C=C(C)C(=O)OCC(C)c1ccc(OC(F)(F)C(F)(F)C(F)(F)C(F)(F)C(F)(F)C(F)(F)F)cc1. The zero-order chi connectivity index (χ0) is 27.8. The van der Waals surface area contributed by atoms with E-state index in [1.807, 2.05) is 0 Å². The van der Waals surface area contributed by atoms with Crippen LogP contribution in [-0.2, 0) is 9.53 Å². The molecule has 16 heteroatoms. The normalized spacial score (nSPS) is 14.9. The first-order valence-corrected chi connectivity index (χ1v) is 9.01. The van der Waals surface area contributed by atoms with Crippen LogP contribution in [0.2, 0.25) is 0 Å². The van der Waals surface area contributed by atoms with E-state index in [2.05, 4.69) is 11.3 Å². The summed E-state index contributed by atoms with van der Waals surface area (Å²) >= 11 is 0. The van der Waals surface area contributed by atoms with E-state index in [1.54, 1.807) is 0 Å². The van der Waals surface area contributed by atoms with Gasteiger partial charge in [-0.05, 0) is 24.6 Å². The van der Waals surface area contributed by atoms with E-state index in [1.165, 1.54) is 13.8 Å². The van der Waals surface area contributed by atoms with Crippen LogP contribution in [0, 0.1) is 0 Å². The summed E-state index contributed by atoms with van der Waals surface area (Å²) in [6.07, 6.45) is -14.2. The van der Waals surface area contributed by atoms with Gasteiger partial charge in [-0.25, -0.2) is 4.79 Å². The zero-order valence-electron chi connectivity index (χ0n) is 17.4. The minimum absolute atomic E-state index is 0.0412. The number of ether oxygens (including phenoxy) is 2. The highest BCUT2D eigenvalue weighted by Gasteiger charge is 2.91. The number of benzene rings is 1. The Bertz CT molecular complexity index is 921. The molecule has 0 amide bonds. The standard InChI is InChI=1S/C19H15F13O3/c1-9(2)13(33)34-8-10(3)11-4-6-12(7-5-11)35-19(31,32)17(26,27)15(22,23)14(20,21)16(24,25)18(28,29)30/h4-7,10H,1,8H2,2-3H3. The summed E-state index contributed by atoms with van der Waals surface area (Å²) in [5.41, 5.74) is 0.225. The van der Waals surface area contributed by atoms with Crippen molar-refractivity contribution in [3.05, 3.63) is 42.0 Å². The molecule has 1 unspecified atom stereocenters. The molecule has 200 valence electrons. The third kappa shape index (κ3) is 5.44. The fourth-order valence-corrected chi connectivity index (χ4v) is 2.25. The van der Waals surface area contributed by atoms with E-state index >= 15 is 0 Å². The molecule has 35 heavy (non-hydrogen) atoms. The third-order valence-corrected chi connectivity index (χ3v) is 4.41. The van der Waals surface area contributed by atoms with Crippen LogP contribution in [0.15, 0.2) is 36.4 Å². The largest absolute Gasteiger partial charge is 0.471 e. The van der Waals surface area contributed by atoms with Crippen LogP contribution in [0.4, 0.5) is 57.1 Å². The van der Waals surface area contributed by atoms with Crippen LogP contribution < -0.4 is 4.74 Å². The predicted octanol–water partition coefficient (Wildman–Crippen LogP) is 6.98. The molecule has 0 aliphatic heterocycles. The Kier molecular flexibility index (Phi) is 8.16. The summed E-state index contributed by atoms with van der Waals surface area (Å²) in [5.74, 6) is -34.1. The minimum atomic E-state index is -8.00. The highest BCUT2D eigenvalue weighted by Crippen LogP contribution is 2.60. The Hall–Kier alpha value is -2.68. The molecular formula is C19H15F13O3. The Balaban J connectivity index is 3.16. The van der Waals surface area contributed by atoms with Crippen LogP contribution in [0.25, 0.3) is 0 Å². The van der Waals surface area contributed by atoms with Crippen molar-refractivity contribution >= 4 is 5.97 Å². The Labute approximate surface area is 188 Å². The molecule has 0 heterocycles. The van der Waals surface area contributed by atoms with Gasteiger partial charge >= 0.3 is 41.9 Å². The highest BCUT2D eigenvalue weighted by atomic mass is 19.4. The summed E-state index contributed by atoms with van der Waals surface area (Å²) in [4.78, 5) is 11.3. The molecule has 0 aliphatic carbocycles. The molecular weight excluding hydrogens is 523 g/mol. The topological polar surface area (TPSA) is 35.5 Å². The van der Waals surface area contributed by atoms with Gasteiger partial charge in [0.25, 0.3) is 0 Å². The number of esters is 1. The van der Waals surface area contributed by atoms with Crippen LogP contribution in [-0.4, -0.2) is 48.6 Å². The summed E-state index contributed by atoms with van der Waals surface area (Å²) < 4.78 is 178. The maximum atomic E-state index is 13.8. The number of carbonyl (C=O) groups is 1. The fourth-order valence-electron chi connectivity index (χ4n) is 2.25. The second kappa shape index (κ2) is 9.41. The van der Waals surface area contributed by atoms with Crippen molar-refractivity contribution in [2.45, 2.75) is 55.7 Å². The van der Waals surface area contributed by atoms with Crippen molar-refractivity contribution in [2.24, 2.45) is 0 Å². The van der Waals surface area contributed by atoms with Crippen LogP contribution in [0.5, 0.6) is 5.75 Å². The number of hydrogen-bond acceptors (Lipinski definition) is 3. The summed E-state index contributed by atoms with van der Waals surface area (Å²) in [6, 6.07) is 2.68. The quantitative estimate of drug-likeness (QED) is 0.183.